The maximum atomic E-state index is 14.0. The standard InChI is InChI=1S/C15H17BrN4O2.C15H17FN4O2.C2H6/c2*16-10-4-1-5-12(21)13(10)11-8-20(15(22)14(17)19-11)9-3-2-6-18-7-9;1-2/h2*1,4-5,8-9,18,21H,2-3,6-7H2,(H2,17,19);1-2H3. The lowest BCUT2D eigenvalue weighted by molar-refractivity contribution is 0.364. The lowest BCUT2D eigenvalue weighted by Gasteiger charge is -2.25. The van der Waals surface area contributed by atoms with Gasteiger partial charge in [-0.2, -0.15) is 0 Å². The molecule has 2 fully saturated rings. The summed E-state index contributed by atoms with van der Waals surface area (Å²) < 4.78 is 17.8. The van der Waals surface area contributed by atoms with Crippen molar-refractivity contribution in [2.24, 2.45) is 0 Å². The van der Waals surface area contributed by atoms with Crippen molar-refractivity contribution in [2.45, 2.75) is 51.6 Å². The summed E-state index contributed by atoms with van der Waals surface area (Å²) in [6, 6.07) is 9.11. The van der Waals surface area contributed by atoms with Crippen LogP contribution in [0.3, 0.4) is 0 Å². The normalized spacial score (nSPS) is 17.7. The molecule has 0 amide bonds. The number of phenols is 2. The molecule has 2 saturated heterocycles. The van der Waals surface area contributed by atoms with Crippen molar-refractivity contribution >= 4 is 27.6 Å². The molecule has 46 heavy (non-hydrogen) atoms. The Morgan fingerprint density at radius 3 is 1.70 bits per heavy atom. The molecule has 0 bridgehead atoms. The number of nitrogens with one attached hydrogen (secondary N) is 2. The van der Waals surface area contributed by atoms with E-state index in [1.807, 2.05) is 19.9 Å². The van der Waals surface area contributed by atoms with Gasteiger partial charge in [0.05, 0.1) is 22.5 Å². The van der Waals surface area contributed by atoms with E-state index in [9.17, 15) is 24.2 Å². The van der Waals surface area contributed by atoms with Gasteiger partial charge in [0.25, 0.3) is 11.1 Å². The lowest BCUT2D eigenvalue weighted by Crippen LogP contribution is -2.37. The summed E-state index contributed by atoms with van der Waals surface area (Å²) in [7, 11) is 0. The van der Waals surface area contributed by atoms with Crippen molar-refractivity contribution in [3.8, 4) is 34.0 Å². The zero-order chi connectivity index (χ0) is 33.4. The van der Waals surface area contributed by atoms with Gasteiger partial charge in [-0.25, -0.2) is 14.4 Å². The van der Waals surface area contributed by atoms with Gasteiger partial charge in [-0.05, 0) is 79.0 Å². The maximum absolute atomic E-state index is 14.0. The zero-order valence-corrected chi connectivity index (χ0v) is 27.4. The van der Waals surface area contributed by atoms with E-state index in [2.05, 4.69) is 36.5 Å². The Morgan fingerprint density at radius 1 is 0.804 bits per heavy atom. The number of nitrogens with zero attached hydrogens (tertiary/aromatic N) is 4. The van der Waals surface area contributed by atoms with Crippen LogP contribution in [0.1, 0.15) is 51.6 Å². The molecule has 14 heteroatoms. The largest absolute Gasteiger partial charge is 0.507 e. The van der Waals surface area contributed by atoms with Gasteiger partial charge >= 0.3 is 0 Å². The molecule has 0 saturated carbocycles. The van der Waals surface area contributed by atoms with Crippen LogP contribution in [0.5, 0.6) is 11.5 Å². The van der Waals surface area contributed by atoms with Gasteiger partial charge in [0, 0.05) is 42.0 Å². The molecule has 6 rings (SSSR count). The van der Waals surface area contributed by atoms with Gasteiger partial charge in [0.1, 0.15) is 17.3 Å². The number of hydrogen-bond acceptors (Lipinski definition) is 10. The first-order chi connectivity index (χ1) is 22.2. The van der Waals surface area contributed by atoms with Crippen molar-refractivity contribution in [2.75, 3.05) is 37.6 Å². The molecule has 246 valence electrons. The van der Waals surface area contributed by atoms with Gasteiger partial charge in [-0.15, -0.1) is 0 Å². The number of aromatic hydroxyl groups is 2. The Bertz CT molecular complexity index is 1600. The number of halogens is 2. The number of hydrogen-bond donors (Lipinski definition) is 6. The highest BCUT2D eigenvalue weighted by atomic mass is 79.9. The van der Waals surface area contributed by atoms with Gasteiger partial charge in [0.15, 0.2) is 11.6 Å². The van der Waals surface area contributed by atoms with Crippen LogP contribution in [0.4, 0.5) is 16.0 Å². The molecule has 0 radical (unpaired) electrons. The van der Waals surface area contributed by atoms with Crippen LogP contribution < -0.4 is 33.2 Å². The molecule has 4 aromatic rings. The lowest BCUT2D eigenvalue weighted by atomic mass is 10.1. The summed E-state index contributed by atoms with van der Waals surface area (Å²) >= 11 is 3.41. The van der Waals surface area contributed by atoms with E-state index in [0.717, 1.165) is 45.3 Å². The summed E-state index contributed by atoms with van der Waals surface area (Å²) in [5, 5.41) is 26.5. The van der Waals surface area contributed by atoms with E-state index in [4.69, 9.17) is 11.5 Å². The van der Waals surface area contributed by atoms with E-state index < -0.39 is 11.4 Å². The number of piperidine rings is 2. The predicted octanol–water partition coefficient (Wildman–Crippen LogP) is 4.17. The summed E-state index contributed by atoms with van der Waals surface area (Å²) in [6.07, 6.45) is 6.84. The van der Waals surface area contributed by atoms with Crippen LogP contribution in [0.2, 0.25) is 0 Å². The Labute approximate surface area is 274 Å². The number of anilines is 2. The Morgan fingerprint density at radius 2 is 1.26 bits per heavy atom. The van der Waals surface area contributed by atoms with Crippen LogP contribution in [-0.4, -0.2) is 55.5 Å². The molecule has 4 heterocycles. The summed E-state index contributed by atoms with van der Waals surface area (Å²) in [5.41, 5.74) is 11.9. The topological polar surface area (TPSA) is 186 Å². The Hall–Kier alpha value is -4.27. The average Bonchev–Trinajstić information content (AvgIpc) is 3.06. The fourth-order valence-electron chi connectivity index (χ4n) is 5.52. The number of nitrogens with two attached hydrogens (primary N) is 2. The maximum Gasteiger partial charge on any atom is 0.293 e. The van der Waals surface area contributed by atoms with E-state index in [0.29, 0.717) is 22.3 Å². The van der Waals surface area contributed by atoms with Crippen molar-refractivity contribution < 1.29 is 14.6 Å². The fourth-order valence-corrected chi connectivity index (χ4v) is 6.07. The molecule has 2 aromatic carbocycles. The van der Waals surface area contributed by atoms with Crippen molar-refractivity contribution in [3.05, 3.63) is 79.8 Å². The minimum Gasteiger partial charge on any atom is -0.507 e. The molecule has 12 nitrogen and oxygen atoms in total. The van der Waals surface area contributed by atoms with Gasteiger partial charge in [0.2, 0.25) is 0 Å². The van der Waals surface area contributed by atoms with Crippen LogP contribution in [0.15, 0.2) is 62.9 Å². The zero-order valence-electron chi connectivity index (χ0n) is 25.8. The number of benzene rings is 2. The molecule has 0 spiro atoms. The highest BCUT2D eigenvalue weighted by Crippen LogP contribution is 2.35. The molecule has 2 aromatic heterocycles. The third-order valence-corrected chi connectivity index (χ3v) is 8.40. The summed E-state index contributed by atoms with van der Waals surface area (Å²) in [6.45, 7) is 7.24. The molecule has 0 aliphatic carbocycles. The predicted molar refractivity (Wildman–Crippen MR) is 181 cm³/mol. The molecular weight excluding hydrogens is 659 g/mol. The molecular formula is C32H40BrFN8O4. The Kier molecular flexibility index (Phi) is 11.9. The first-order valence-corrected chi connectivity index (χ1v) is 16.1. The number of rotatable bonds is 4. The minimum absolute atomic E-state index is 0.0493. The van der Waals surface area contributed by atoms with E-state index in [1.54, 1.807) is 22.9 Å². The van der Waals surface area contributed by atoms with Crippen molar-refractivity contribution in [3.63, 3.8) is 0 Å². The number of nitrogen functional groups attached to an aromatic ring is 2. The van der Waals surface area contributed by atoms with Crippen LogP contribution in [-0.2, 0) is 0 Å². The first kappa shape index (κ1) is 34.6. The fraction of sp³-hybridized carbons (Fsp3) is 0.375. The molecule has 8 N–H and O–H groups in total. The second-order valence-corrected chi connectivity index (χ2v) is 11.6. The van der Waals surface area contributed by atoms with E-state index in [1.165, 1.54) is 29.0 Å². The summed E-state index contributed by atoms with van der Waals surface area (Å²) in [5.74, 6) is -1.02. The minimum atomic E-state index is -0.612. The van der Waals surface area contributed by atoms with Crippen molar-refractivity contribution in [1.82, 2.24) is 29.7 Å². The van der Waals surface area contributed by atoms with Crippen LogP contribution >= 0.6 is 15.9 Å². The van der Waals surface area contributed by atoms with Crippen molar-refractivity contribution in [1.29, 1.82) is 0 Å². The van der Waals surface area contributed by atoms with Crippen LogP contribution in [0.25, 0.3) is 22.5 Å². The van der Waals surface area contributed by atoms with Gasteiger partial charge in [-0.1, -0.05) is 26.0 Å². The Balaban J connectivity index is 0.000000198. The molecule has 2 aliphatic heterocycles. The molecule has 2 unspecified atom stereocenters. The average molecular weight is 700 g/mol. The van der Waals surface area contributed by atoms with Gasteiger partial charge in [-0.3, -0.25) is 9.59 Å². The molecule has 2 aliphatic rings. The van der Waals surface area contributed by atoms with Gasteiger partial charge < -0.3 is 41.4 Å². The van der Waals surface area contributed by atoms with Crippen LogP contribution in [0, 0.1) is 5.82 Å². The first-order valence-electron chi connectivity index (χ1n) is 15.3. The highest BCUT2D eigenvalue weighted by molar-refractivity contribution is 9.10. The second kappa shape index (κ2) is 15.8. The second-order valence-electron chi connectivity index (χ2n) is 10.7. The monoisotopic (exact) mass is 698 g/mol. The van der Waals surface area contributed by atoms with E-state index in [-0.39, 0.29) is 52.0 Å². The quantitative estimate of drug-likeness (QED) is 0.181. The SMILES string of the molecule is CC.Nc1nc(-c2c(O)cccc2Br)cn(C2CCCNC2)c1=O.Nc1nc(-c2c(O)cccc2F)cn(C2CCCNC2)c1=O. The molecule has 2 atom stereocenters. The smallest absolute Gasteiger partial charge is 0.293 e. The summed E-state index contributed by atoms with van der Waals surface area (Å²) in [4.78, 5) is 32.6. The highest BCUT2D eigenvalue weighted by Gasteiger charge is 2.22. The third kappa shape index (κ3) is 7.74. The number of phenolic OH excluding ortho intramolecular Hbond substituents is 2. The number of aromatic nitrogens is 4. The van der Waals surface area contributed by atoms with E-state index >= 15 is 0 Å². The third-order valence-electron chi connectivity index (χ3n) is 7.74.